The molecular formula is C18H17BrN2O2. The maximum Gasteiger partial charge on any atom is 0.248 e. The number of carbonyl (C=O) groups is 2. The molecule has 0 aliphatic rings. The molecule has 0 unspecified atom stereocenters. The monoisotopic (exact) mass is 372 g/mol. The zero-order chi connectivity index (χ0) is 16.8. The highest BCUT2D eigenvalue weighted by atomic mass is 79.9. The van der Waals surface area contributed by atoms with Gasteiger partial charge in [-0.2, -0.15) is 0 Å². The first-order valence-electron chi connectivity index (χ1n) is 7.07. The number of carbonyl (C=O) groups excluding carboxylic acids is 2. The third-order valence-electron chi connectivity index (χ3n) is 3.27. The molecule has 0 spiro atoms. The van der Waals surface area contributed by atoms with Gasteiger partial charge in [-0.15, -0.1) is 0 Å². The molecule has 5 heteroatoms. The molecule has 2 rings (SSSR count). The first-order valence-corrected chi connectivity index (χ1v) is 7.86. The molecular weight excluding hydrogens is 356 g/mol. The molecule has 118 valence electrons. The second-order valence-electron chi connectivity index (χ2n) is 5.12. The molecule has 0 aromatic heterocycles. The standard InChI is InChI=1S/C18H17BrN2O2/c1-12-3-6-16(11-13(12)2)21-18(23)10-9-17(22)20-15-7-4-14(19)5-8-15/h3-11H,1-2H3,(H,20,22)(H,21,23). The third-order valence-corrected chi connectivity index (χ3v) is 3.80. The Bertz CT molecular complexity index is 752. The number of amides is 2. The number of nitrogens with one attached hydrogen (secondary N) is 2. The van der Waals surface area contributed by atoms with E-state index in [1.54, 1.807) is 12.1 Å². The number of rotatable bonds is 4. The Morgan fingerprint density at radius 3 is 1.91 bits per heavy atom. The Labute approximate surface area is 143 Å². The van der Waals surface area contributed by atoms with Crippen LogP contribution in [-0.4, -0.2) is 11.8 Å². The minimum absolute atomic E-state index is 0.348. The van der Waals surface area contributed by atoms with E-state index < -0.39 is 0 Å². The lowest BCUT2D eigenvalue weighted by atomic mass is 10.1. The summed E-state index contributed by atoms with van der Waals surface area (Å²) in [6.45, 7) is 3.99. The highest BCUT2D eigenvalue weighted by Gasteiger charge is 2.02. The lowest BCUT2D eigenvalue weighted by Gasteiger charge is -2.05. The topological polar surface area (TPSA) is 58.2 Å². The van der Waals surface area contributed by atoms with E-state index in [0.29, 0.717) is 11.4 Å². The van der Waals surface area contributed by atoms with Gasteiger partial charge in [0.05, 0.1) is 0 Å². The molecule has 2 aromatic carbocycles. The van der Waals surface area contributed by atoms with Gasteiger partial charge in [0.2, 0.25) is 11.8 Å². The van der Waals surface area contributed by atoms with E-state index in [4.69, 9.17) is 0 Å². The zero-order valence-electron chi connectivity index (χ0n) is 12.9. The van der Waals surface area contributed by atoms with Crippen LogP contribution in [-0.2, 0) is 9.59 Å². The summed E-state index contributed by atoms with van der Waals surface area (Å²) in [4.78, 5) is 23.6. The summed E-state index contributed by atoms with van der Waals surface area (Å²) in [7, 11) is 0. The van der Waals surface area contributed by atoms with E-state index in [-0.39, 0.29) is 11.8 Å². The number of aryl methyl sites for hydroxylation is 2. The first-order chi connectivity index (χ1) is 10.9. The molecule has 4 nitrogen and oxygen atoms in total. The van der Waals surface area contributed by atoms with E-state index in [1.807, 2.05) is 44.2 Å². The summed E-state index contributed by atoms with van der Waals surface area (Å²) in [5.74, 6) is -0.707. The van der Waals surface area contributed by atoms with Crippen molar-refractivity contribution in [1.29, 1.82) is 0 Å². The molecule has 0 bridgehead atoms. The minimum atomic E-state index is -0.359. The van der Waals surface area contributed by atoms with Gasteiger partial charge in [-0.25, -0.2) is 0 Å². The van der Waals surface area contributed by atoms with Crippen LogP contribution in [0.1, 0.15) is 11.1 Å². The van der Waals surface area contributed by atoms with Crippen LogP contribution in [0.25, 0.3) is 0 Å². The van der Waals surface area contributed by atoms with Crippen molar-refractivity contribution >= 4 is 39.1 Å². The van der Waals surface area contributed by atoms with Crippen LogP contribution in [0.4, 0.5) is 11.4 Å². The fourth-order valence-electron chi connectivity index (χ4n) is 1.87. The molecule has 0 saturated heterocycles. The fourth-order valence-corrected chi connectivity index (χ4v) is 2.14. The molecule has 2 N–H and O–H groups in total. The largest absolute Gasteiger partial charge is 0.323 e. The van der Waals surface area contributed by atoms with Crippen molar-refractivity contribution in [1.82, 2.24) is 0 Å². The minimum Gasteiger partial charge on any atom is -0.323 e. The van der Waals surface area contributed by atoms with Gasteiger partial charge >= 0.3 is 0 Å². The highest BCUT2D eigenvalue weighted by molar-refractivity contribution is 9.10. The van der Waals surface area contributed by atoms with E-state index in [1.165, 1.54) is 12.2 Å². The molecule has 0 aliphatic carbocycles. The Kier molecular flexibility index (Phi) is 5.71. The number of hydrogen-bond donors (Lipinski definition) is 2. The molecule has 0 saturated carbocycles. The molecule has 2 amide bonds. The summed E-state index contributed by atoms with van der Waals surface area (Å²) in [5, 5.41) is 5.40. The zero-order valence-corrected chi connectivity index (χ0v) is 14.5. The molecule has 0 atom stereocenters. The van der Waals surface area contributed by atoms with Crippen molar-refractivity contribution in [2.45, 2.75) is 13.8 Å². The molecule has 0 heterocycles. The van der Waals surface area contributed by atoms with Gasteiger partial charge in [0.1, 0.15) is 0 Å². The van der Waals surface area contributed by atoms with Gasteiger partial charge < -0.3 is 10.6 Å². The van der Waals surface area contributed by atoms with Gasteiger partial charge in [-0.05, 0) is 61.4 Å². The van der Waals surface area contributed by atoms with Crippen LogP contribution in [0.5, 0.6) is 0 Å². The average molecular weight is 373 g/mol. The molecule has 0 radical (unpaired) electrons. The van der Waals surface area contributed by atoms with Crippen molar-refractivity contribution < 1.29 is 9.59 Å². The summed E-state index contributed by atoms with van der Waals surface area (Å²) in [6.07, 6.45) is 2.42. The van der Waals surface area contributed by atoms with Crippen LogP contribution in [0.2, 0.25) is 0 Å². The van der Waals surface area contributed by atoms with E-state index in [2.05, 4.69) is 26.6 Å². The molecule has 2 aromatic rings. The van der Waals surface area contributed by atoms with Gasteiger partial charge in [-0.3, -0.25) is 9.59 Å². The summed E-state index contributed by atoms with van der Waals surface area (Å²) < 4.78 is 0.929. The normalized spacial score (nSPS) is 10.6. The highest BCUT2D eigenvalue weighted by Crippen LogP contribution is 2.15. The van der Waals surface area contributed by atoms with Crippen molar-refractivity contribution in [2.24, 2.45) is 0 Å². The van der Waals surface area contributed by atoms with Gasteiger partial charge in [-0.1, -0.05) is 22.0 Å². The smallest absolute Gasteiger partial charge is 0.248 e. The van der Waals surface area contributed by atoms with Crippen molar-refractivity contribution in [3.05, 3.63) is 70.2 Å². The van der Waals surface area contributed by atoms with E-state index in [9.17, 15) is 9.59 Å². The second-order valence-corrected chi connectivity index (χ2v) is 6.03. The predicted molar refractivity (Wildman–Crippen MR) is 96.5 cm³/mol. The average Bonchev–Trinajstić information content (AvgIpc) is 2.51. The maximum atomic E-state index is 11.8. The lowest BCUT2D eigenvalue weighted by molar-refractivity contribution is -0.114. The quantitative estimate of drug-likeness (QED) is 0.790. The van der Waals surface area contributed by atoms with Crippen LogP contribution in [0.15, 0.2) is 59.1 Å². The van der Waals surface area contributed by atoms with Crippen molar-refractivity contribution in [3.63, 3.8) is 0 Å². The molecule has 0 fully saturated rings. The van der Waals surface area contributed by atoms with Crippen LogP contribution >= 0.6 is 15.9 Å². The van der Waals surface area contributed by atoms with Gasteiger partial charge in [0.15, 0.2) is 0 Å². The third kappa shape index (κ3) is 5.38. The Morgan fingerprint density at radius 1 is 0.826 bits per heavy atom. The second kappa shape index (κ2) is 7.74. The van der Waals surface area contributed by atoms with Gasteiger partial charge in [0, 0.05) is 28.0 Å². The van der Waals surface area contributed by atoms with Gasteiger partial charge in [0.25, 0.3) is 0 Å². The van der Waals surface area contributed by atoms with Crippen molar-refractivity contribution in [2.75, 3.05) is 10.6 Å². The first kappa shape index (κ1) is 17.0. The Balaban J connectivity index is 1.90. The molecule has 23 heavy (non-hydrogen) atoms. The fraction of sp³-hybridized carbons (Fsp3) is 0.111. The summed E-state index contributed by atoms with van der Waals surface area (Å²) in [6, 6.07) is 12.8. The predicted octanol–water partition coefficient (Wildman–Crippen LogP) is 4.20. The lowest BCUT2D eigenvalue weighted by Crippen LogP contribution is -2.12. The number of anilines is 2. The Hall–Kier alpha value is -2.40. The van der Waals surface area contributed by atoms with Crippen LogP contribution in [0, 0.1) is 13.8 Å². The Morgan fingerprint density at radius 2 is 1.35 bits per heavy atom. The number of benzene rings is 2. The van der Waals surface area contributed by atoms with Crippen molar-refractivity contribution in [3.8, 4) is 0 Å². The molecule has 0 aliphatic heterocycles. The van der Waals surface area contributed by atoms with Crippen LogP contribution in [0.3, 0.4) is 0 Å². The van der Waals surface area contributed by atoms with E-state index >= 15 is 0 Å². The maximum absolute atomic E-state index is 11.8. The van der Waals surface area contributed by atoms with E-state index in [0.717, 1.165) is 15.6 Å². The summed E-state index contributed by atoms with van der Waals surface area (Å²) >= 11 is 3.32. The SMILES string of the molecule is Cc1ccc(NC(=O)C=CC(=O)Nc2ccc(Br)cc2)cc1C. The van der Waals surface area contributed by atoms with Crippen LogP contribution < -0.4 is 10.6 Å². The summed E-state index contributed by atoms with van der Waals surface area (Å²) in [5.41, 5.74) is 3.63. The number of hydrogen-bond acceptors (Lipinski definition) is 2. The number of halogens is 1.